The summed E-state index contributed by atoms with van der Waals surface area (Å²) >= 11 is 0. The number of nitrogens with two attached hydrogens (primary N) is 1. The standard InChI is InChI=1S/C11H17NO/c1-7(2)11(12)9-6-8(3)4-5-10(9)13/h4-7,11,13H,12H2,1-3H3/t11-/m1/s1. The number of aromatic hydroxyl groups is 1. The minimum absolute atomic E-state index is 0.0834. The third-order valence-corrected chi connectivity index (χ3v) is 2.26. The van der Waals surface area contributed by atoms with E-state index in [0.717, 1.165) is 11.1 Å². The fourth-order valence-corrected chi connectivity index (χ4v) is 1.30. The number of phenols is 1. The first-order chi connectivity index (χ1) is 6.02. The molecule has 0 saturated carbocycles. The normalized spacial score (nSPS) is 13.3. The second-order valence-corrected chi connectivity index (χ2v) is 3.83. The first-order valence-corrected chi connectivity index (χ1v) is 4.57. The Morgan fingerprint density at radius 3 is 2.46 bits per heavy atom. The minimum atomic E-state index is -0.0834. The molecular formula is C11H17NO. The van der Waals surface area contributed by atoms with E-state index in [4.69, 9.17) is 5.73 Å². The Kier molecular flexibility index (Phi) is 2.94. The Hall–Kier alpha value is -1.02. The lowest BCUT2D eigenvalue weighted by Crippen LogP contribution is -2.16. The summed E-state index contributed by atoms with van der Waals surface area (Å²) in [5.41, 5.74) is 7.92. The lowest BCUT2D eigenvalue weighted by molar-refractivity contribution is 0.439. The van der Waals surface area contributed by atoms with Gasteiger partial charge in [-0.25, -0.2) is 0 Å². The maximum atomic E-state index is 9.57. The first-order valence-electron chi connectivity index (χ1n) is 4.57. The zero-order valence-corrected chi connectivity index (χ0v) is 8.41. The van der Waals surface area contributed by atoms with Gasteiger partial charge in [-0.3, -0.25) is 0 Å². The van der Waals surface area contributed by atoms with Gasteiger partial charge in [-0.1, -0.05) is 31.5 Å². The van der Waals surface area contributed by atoms with E-state index >= 15 is 0 Å². The zero-order valence-electron chi connectivity index (χ0n) is 8.41. The molecular weight excluding hydrogens is 162 g/mol. The smallest absolute Gasteiger partial charge is 0.120 e. The van der Waals surface area contributed by atoms with Gasteiger partial charge in [-0.05, 0) is 18.9 Å². The Balaban J connectivity index is 3.05. The summed E-state index contributed by atoms with van der Waals surface area (Å²) < 4.78 is 0. The lowest BCUT2D eigenvalue weighted by Gasteiger charge is -2.17. The number of aryl methyl sites for hydroxylation is 1. The van der Waals surface area contributed by atoms with Crippen molar-refractivity contribution in [2.24, 2.45) is 11.7 Å². The molecule has 0 radical (unpaired) electrons. The van der Waals surface area contributed by atoms with Crippen LogP contribution in [0.2, 0.25) is 0 Å². The Morgan fingerprint density at radius 1 is 1.31 bits per heavy atom. The molecule has 0 saturated heterocycles. The average molecular weight is 179 g/mol. The van der Waals surface area contributed by atoms with Crippen LogP contribution in [0.5, 0.6) is 5.75 Å². The maximum absolute atomic E-state index is 9.57. The molecule has 0 heterocycles. The number of phenolic OH excluding ortho intramolecular Hbond substituents is 1. The molecule has 0 aliphatic heterocycles. The van der Waals surface area contributed by atoms with E-state index in [2.05, 4.69) is 0 Å². The number of rotatable bonds is 2. The predicted molar refractivity (Wildman–Crippen MR) is 54.6 cm³/mol. The number of hydrogen-bond acceptors (Lipinski definition) is 2. The molecule has 3 N–H and O–H groups in total. The van der Waals surface area contributed by atoms with Gasteiger partial charge in [-0.2, -0.15) is 0 Å². The summed E-state index contributed by atoms with van der Waals surface area (Å²) in [6.07, 6.45) is 0. The van der Waals surface area contributed by atoms with Crippen molar-refractivity contribution in [3.05, 3.63) is 29.3 Å². The van der Waals surface area contributed by atoms with Gasteiger partial charge < -0.3 is 10.8 Å². The van der Waals surface area contributed by atoms with Crippen molar-refractivity contribution in [1.82, 2.24) is 0 Å². The quantitative estimate of drug-likeness (QED) is 0.732. The van der Waals surface area contributed by atoms with Crippen molar-refractivity contribution in [1.29, 1.82) is 0 Å². The second kappa shape index (κ2) is 3.79. The summed E-state index contributed by atoms with van der Waals surface area (Å²) in [4.78, 5) is 0. The molecule has 13 heavy (non-hydrogen) atoms. The van der Waals surface area contributed by atoms with Crippen molar-refractivity contribution in [2.75, 3.05) is 0 Å². The van der Waals surface area contributed by atoms with Crippen molar-refractivity contribution in [2.45, 2.75) is 26.8 Å². The van der Waals surface area contributed by atoms with Crippen molar-refractivity contribution < 1.29 is 5.11 Å². The molecule has 1 aromatic rings. The van der Waals surface area contributed by atoms with E-state index in [0.29, 0.717) is 11.7 Å². The minimum Gasteiger partial charge on any atom is -0.508 e. The highest BCUT2D eigenvalue weighted by atomic mass is 16.3. The Morgan fingerprint density at radius 2 is 1.92 bits per heavy atom. The van der Waals surface area contributed by atoms with E-state index in [1.165, 1.54) is 0 Å². The topological polar surface area (TPSA) is 46.2 Å². The van der Waals surface area contributed by atoms with Crippen LogP contribution in [0.4, 0.5) is 0 Å². The van der Waals surface area contributed by atoms with E-state index in [9.17, 15) is 5.11 Å². The summed E-state index contributed by atoms with van der Waals surface area (Å²) in [5, 5.41) is 9.57. The molecule has 0 bridgehead atoms. The van der Waals surface area contributed by atoms with Gasteiger partial charge in [0.25, 0.3) is 0 Å². The van der Waals surface area contributed by atoms with Gasteiger partial charge in [0.1, 0.15) is 5.75 Å². The summed E-state index contributed by atoms with van der Waals surface area (Å²) in [7, 11) is 0. The molecule has 0 aromatic heterocycles. The van der Waals surface area contributed by atoms with Crippen LogP contribution in [-0.2, 0) is 0 Å². The van der Waals surface area contributed by atoms with Crippen LogP contribution in [-0.4, -0.2) is 5.11 Å². The highest BCUT2D eigenvalue weighted by Crippen LogP contribution is 2.27. The molecule has 1 rings (SSSR count). The molecule has 1 aromatic carbocycles. The average Bonchev–Trinajstić information content (AvgIpc) is 2.08. The highest BCUT2D eigenvalue weighted by Gasteiger charge is 2.14. The second-order valence-electron chi connectivity index (χ2n) is 3.83. The molecule has 0 aliphatic rings. The summed E-state index contributed by atoms with van der Waals surface area (Å²) in [5.74, 6) is 0.638. The van der Waals surface area contributed by atoms with Gasteiger partial charge >= 0.3 is 0 Å². The third-order valence-electron chi connectivity index (χ3n) is 2.26. The van der Waals surface area contributed by atoms with Gasteiger partial charge in [0.2, 0.25) is 0 Å². The van der Waals surface area contributed by atoms with Crippen LogP contribution in [0.25, 0.3) is 0 Å². The van der Waals surface area contributed by atoms with Gasteiger partial charge in [0, 0.05) is 11.6 Å². The largest absolute Gasteiger partial charge is 0.508 e. The Bertz CT molecular complexity index is 294. The van der Waals surface area contributed by atoms with E-state index in [1.54, 1.807) is 6.07 Å². The summed E-state index contributed by atoms with van der Waals surface area (Å²) in [6, 6.07) is 5.44. The molecule has 0 fully saturated rings. The molecule has 2 nitrogen and oxygen atoms in total. The maximum Gasteiger partial charge on any atom is 0.120 e. The third kappa shape index (κ3) is 2.22. The van der Waals surface area contributed by atoms with E-state index < -0.39 is 0 Å². The van der Waals surface area contributed by atoms with Crippen LogP contribution in [0, 0.1) is 12.8 Å². The molecule has 1 atom stereocenters. The van der Waals surface area contributed by atoms with Crippen molar-refractivity contribution in [3.8, 4) is 5.75 Å². The number of benzene rings is 1. The van der Waals surface area contributed by atoms with E-state index in [-0.39, 0.29) is 6.04 Å². The lowest BCUT2D eigenvalue weighted by atomic mass is 9.95. The molecule has 0 spiro atoms. The van der Waals surface area contributed by atoms with Crippen molar-refractivity contribution in [3.63, 3.8) is 0 Å². The molecule has 72 valence electrons. The van der Waals surface area contributed by atoms with Crippen LogP contribution in [0.3, 0.4) is 0 Å². The molecule has 0 aliphatic carbocycles. The molecule has 0 unspecified atom stereocenters. The SMILES string of the molecule is Cc1ccc(O)c([C@H](N)C(C)C)c1. The van der Waals surface area contributed by atoms with Crippen LogP contribution in [0.15, 0.2) is 18.2 Å². The van der Waals surface area contributed by atoms with Crippen LogP contribution < -0.4 is 5.73 Å². The monoisotopic (exact) mass is 179 g/mol. The predicted octanol–water partition coefficient (Wildman–Crippen LogP) is 2.36. The Labute approximate surface area is 79.4 Å². The van der Waals surface area contributed by atoms with Gasteiger partial charge in [-0.15, -0.1) is 0 Å². The highest BCUT2D eigenvalue weighted by molar-refractivity contribution is 5.37. The fraction of sp³-hybridized carbons (Fsp3) is 0.455. The van der Waals surface area contributed by atoms with Crippen molar-refractivity contribution >= 4 is 0 Å². The number of hydrogen-bond donors (Lipinski definition) is 2. The first kappa shape index (κ1) is 10.1. The van der Waals surface area contributed by atoms with Gasteiger partial charge in [0.15, 0.2) is 0 Å². The molecule has 0 amide bonds. The van der Waals surface area contributed by atoms with Crippen LogP contribution in [0.1, 0.15) is 31.0 Å². The van der Waals surface area contributed by atoms with Gasteiger partial charge in [0.05, 0.1) is 0 Å². The summed E-state index contributed by atoms with van der Waals surface area (Å²) in [6.45, 7) is 6.09. The van der Waals surface area contributed by atoms with Crippen LogP contribution >= 0.6 is 0 Å². The zero-order chi connectivity index (χ0) is 10.0. The fourth-order valence-electron chi connectivity index (χ4n) is 1.30. The van der Waals surface area contributed by atoms with E-state index in [1.807, 2.05) is 32.9 Å². The molecule has 2 heteroatoms.